The van der Waals surface area contributed by atoms with Crippen LogP contribution in [0.3, 0.4) is 0 Å². The van der Waals surface area contributed by atoms with Gasteiger partial charge in [0.15, 0.2) is 5.82 Å². The van der Waals surface area contributed by atoms with Gasteiger partial charge in [-0.1, -0.05) is 0 Å². The highest BCUT2D eigenvalue weighted by atomic mass is 19.4. The van der Waals surface area contributed by atoms with E-state index >= 15 is 4.39 Å². The molecule has 7 heterocycles. The molecule has 42 heavy (non-hydrogen) atoms. The van der Waals surface area contributed by atoms with E-state index in [1.54, 1.807) is 0 Å². The zero-order valence-electron chi connectivity index (χ0n) is 23.0. The number of rotatable bonds is 5. The molecule has 0 radical (unpaired) electrons. The van der Waals surface area contributed by atoms with Gasteiger partial charge in [0.1, 0.15) is 41.3 Å². The van der Waals surface area contributed by atoms with E-state index in [1.807, 2.05) is 4.90 Å². The van der Waals surface area contributed by atoms with Crippen molar-refractivity contribution in [3.05, 3.63) is 29.2 Å². The van der Waals surface area contributed by atoms with Gasteiger partial charge < -0.3 is 20.7 Å². The molecule has 0 unspecified atom stereocenters. The van der Waals surface area contributed by atoms with Crippen LogP contribution in [-0.4, -0.2) is 81.4 Å². The van der Waals surface area contributed by atoms with Gasteiger partial charge in [-0.2, -0.15) is 23.1 Å². The first-order valence-corrected chi connectivity index (χ1v) is 14.2. The number of pyridine rings is 2. The van der Waals surface area contributed by atoms with Gasteiger partial charge in [-0.25, -0.2) is 13.8 Å². The highest BCUT2D eigenvalue weighted by molar-refractivity contribution is 5.92. The van der Waals surface area contributed by atoms with E-state index in [0.717, 1.165) is 38.3 Å². The number of hydrogen-bond donors (Lipinski definition) is 2. The molecule has 0 aliphatic carbocycles. The molecule has 0 amide bonds. The Bertz CT molecular complexity index is 1540. The number of nitrogens with one attached hydrogen (secondary N) is 1. The molecule has 2 bridgehead atoms. The summed E-state index contributed by atoms with van der Waals surface area (Å²) in [4.78, 5) is 21.1. The minimum atomic E-state index is -4.82. The molecule has 4 aliphatic rings. The number of hydrogen-bond acceptors (Lipinski definition) is 9. The van der Waals surface area contributed by atoms with Crippen molar-refractivity contribution in [2.75, 3.05) is 43.4 Å². The largest absolute Gasteiger partial charge is 0.461 e. The summed E-state index contributed by atoms with van der Waals surface area (Å²) in [7, 11) is 0. The Kier molecular flexibility index (Phi) is 6.42. The second kappa shape index (κ2) is 9.83. The number of aryl methyl sites for hydroxylation is 1. The van der Waals surface area contributed by atoms with Crippen molar-refractivity contribution >= 4 is 22.5 Å². The first kappa shape index (κ1) is 27.4. The van der Waals surface area contributed by atoms with Crippen LogP contribution in [0.4, 0.5) is 33.6 Å². The first-order valence-electron chi connectivity index (χ1n) is 14.2. The molecule has 4 fully saturated rings. The summed E-state index contributed by atoms with van der Waals surface area (Å²) in [5, 5.41) is 3.80. The zero-order chi connectivity index (χ0) is 29.4. The quantitative estimate of drug-likeness (QED) is 0.426. The van der Waals surface area contributed by atoms with Gasteiger partial charge in [-0.15, -0.1) is 0 Å². The van der Waals surface area contributed by atoms with Gasteiger partial charge in [0, 0.05) is 44.3 Å². The van der Waals surface area contributed by atoms with Gasteiger partial charge in [0.2, 0.25) is 0 Å². The fraction of sp³-hybridized carbons (Fsp3) is 0.571. The van der Waals surface area contributed by atoms with Gasteiger partial charge in [-0.3, -0.25) is 9.88 Å². The summed E-state index contributed by atoms with van der Waals surface area (Å²) in [5.41, 5.74) is 2.44. The third kappa shape index (κ3) is 4.59. The van der Waals surface area contributed by atoms with Crippen LogP contribution >= 0.6 is 0 Å². The van der Waals surface area contributed by atoms with Gasteiger partial charge in [0.25, 0.3) is 0 Å². The van der Waals surface area contributed by atoms with Crippen molar-refractivity contribution in [2.24, 2.45) is 0 Å². The van der Waals surface area contributed by atoms with E-state index in [0.29, 0.717) is 31.9 Å². The number of alkyl halides is 4. The lowest BCUT2D eigenvalue weighted by Gasteiger charge is -2.34. The van der Waals surface area contributed by atoms with Crippen LogP contribution in [-0.2, 0) is 6.18 Å². The molecular formula is C28H31F5N8O. The van der Waals surface area contributed by atoms with Gasteiger partial charge >= 0.3 is 12.2 Å². The fourth-order valence-electron chi connectivity index (χ4n) is 7.34. The summed E-state index contributed by atoms with van der Waals surface area (Å²) in [6, 6.07) is 1.44. The minimum Gasteiger partial charge on any atom is -0.461 e. The number of halogens is 5. The molecular weight excluding hydrogens is 559 g/mol. The molecule has 9 nitrogen and oxygen atoms in total. The smallest absolute Gasteiger partial charge is 0.418 e. The lowest BCUT2D eigenvalue weighted by atomic mass is 9.95. The van der Waals surface area contributed by atoms with Crippen LogP contribution in [0.2, 0.25) is 0 Å². The molecule has 3 aromatic heterocycles. The van der Waals surface area contributed by atoms with E-state index in [-0.39, 0.29) is 47.0 Å². The lowest BCUT2D eigenvalue weighted by molar-refractivity contribution is -0.137. The standard InChI is InChI=1S/C28H31F5N8O/c1-14-7-19(34)37-23(20(14)28(31,32)33)24-21(30)22-18(9-35-24)25(40-11-16-3-4-17(12-40)36-16)39-26(38-22)42-13-27-5-2-6-41(27)10-15(29)8-27/h7,9,15-17,36H,2-6,8,10-13H2,1H3,(H2,34,37)/t15-,16-,17+,27+/m1/s1. The van der Waals surface area contributed by atoms with Crippen LogP contribution < -0.4 is 20.7 Å². The first-order chi connectivity index (χ1) is 20.0. The van der Waals surface area contributed by atoms with Gasteiger partial charge in [-0.05, 0) is 50.8 Å². The van der Waals surface area contributed by atoms with Crippen LogP contribution in [0.5, 0.6) is 6.01 Å². The SMILES string of the molecule is Cc1cc(N)nc(-c2ncc3c(N4C[C@H]5CC[C@@H](C4)N5)nc(OC[C@@]45CCCN4C[C@H](F)C5)nc3c2F)c1C(F)(F)F. The Morgan fingerprint density at radius 2 is 1.88 bits per heavy atom. The minimum absolute atomic E-state index is 0.115. The number of aromatic nitrogens is 4. The van der Waals surface area contributed by atoms with Crippen molar-refractivity contribution in [1.82, 2.24) is 30.2 Å². The number of anilines is 2. The lowest BCUT2D eigenvalue weighted by Crippen LogP contribution is -2.51. The van der Waals surface area contributed by atoms with Crippen molar-refractivity contribution in [3.8, 4) is 17.4 Å². The third-order valence-electron chi connectivity index (χ3n) is 9.13. The third-order valence-corrected chi connectivity index (χ3v) is 9.13. The van der Waals surface area contributed by atoms with E-state index in [1.165, 1.54) is 13.1 Å². The number of piperazine rings is 1. The molecule has 4 saturated heterocycles. The van der Waals surface area contributed by atoms with E-state index in [9.17, 15) is 17.6 Å². The molecule has 3 aromatic rings. The monoisotopic (exact) mass is 590 g/mol. The predicted molar refractivity (Wildman–Crippen MR) is 145 cm³/mol. The molecule has 3 N–H and O–H groups in total. The molecule has 4 atom stereocenters. The Morgan fingerprint density at radius 3 is 2.62 bits per heavy atom. The number of nitrogens with zero attached hydrogens (tertiary/aromatic N) is 6. The molecule has 7 rings (SSSR count). The molecule has 0 spiro atoms. The molecule has 14 heteroatoms. The number of nitrogen functional groups attached to an aromatic ring is 1. The van der Waals surface area contributed by atoms with Crippen molar-refractivity contribution in [3.63, 3.8) is 0 Å². The Morgan fingerprint density at radius 1 is 1.12 bits per heavy atom. The molecule has 4 aliphatic heterocycles. The van der Waals surface area contributed by atoms with Crippen molar-refractivity contribution in [2.45, 2.75) is 69.0 Å². The Labute approximate surface area is 238 Å². The van der Waals surface area contributed by atoms with Crippen molar-refractivity contribution < 1.29 is 26.7 Å². The molecule has 0 aromatic carbocycles. The number of nitrogens with two attached hydrogens (primary N) is 1. The summed E-state index contributed by atoms with van der Waals surface area (Å²) in [6.45, 7) is 3.70. The van der Waals surface area contributed by atoms with Crippen LogP contribution in [0.15, 0.2) is 12.3 Å². The highest BCUT2D eigenvalue weighted by Gasteiger charge is 2.49. The Hall–Kier alpha value is -3.39. The average molecular weight is 591 g/mol. The summed E-state index contributed by atoms with van der Waals surface area (Å²) < 4.78 is 79.0. The second-order valence-electron chi connectivity index (χ2n) is 12.0. The second-order valence-corrected chi connectivity index (χ2v) is 12.0. The maximum atomic E-state index is 16.3. The summed E-state index contributed by atoms with van der Waals surface area (Å²) in [5.74, 6) is -0.870. The molecule has 224 valence electrons. The number of ether oxygens (including phenoxy) is 1. The maximum Gasteiger partial charge on any atom is 0.418 e. The predicted octanol–water partition coefficient (Wildman–Crippen LogP) is 4.03. The summed E-state index contributed by atoms with van der Waals surface area (Å²) >= 11 is 0. The normalized spacial score (nSPS) is 27.7. The van der Waals surface area contributed by atoms with E-state index in [2.05, 4.69) is 30.2 Å². The molecule has 0 saturated carbocycles. The zero-order valence-corrected chi connectivity index (χ0v) is 23.0. The average Bonchev–Trinajstić information content (AvgIpc) is 3.56. The Balaban J connectivity index is 1.35. The topological polar surface area (TPSA) is 105 Å². The van der Waals surface area contributed by atoms with Crippen LogP contribution in [0.1, 0.15) is 43.2 Å². The van der Waals surface area contributed by atoms with Gasteiger partial charge in [0.05, 0.1) is 16.5 Å². The van der Waals surface area contributed by atoms with Crippen LogP contribution in [0, 0.1) is 12.7 Å². The number of fused-ring (bicyclic) bond motifs is 4. The fourth-order valence-corrected chi connectivity index (χ4v) is 7.34. The van der Waals surface area contributed by atoms with E-state index in [4.69, 9.17) is 10.5 Å². The van der Waals surface area contributed by atoms with E-state index < -0.39 is 40.7 Å². The van der Waals surface area contributed by atoms with Crippen LogP contribution in [0.25, 0.3) is 22.3 Å². The highest BCUT2D eigenvalue weighted by Crippen LogP contribution is 2.42. The van der Waals surface area contributed by atoms with Crippen molar-refractivity contribution in [1.29, 1.82) is 0 Å². The summed E-state index contributed by atoms with van der Waals surface area (Å²) in [6.07, 6.45) is -0.491. The maximum absolute atomic E-state index is 16.3.